The second-order valence-corrected chi connectivity index (χ2v) is 16.0. The molecule has 0 bridgehead atoms. The molecule has 4 atom stereocenters. The lowest BCUT2D eigenvalue weighted by atomic mass is 9.83. The topological polar surface area (TPSA) is 8.17 Å². The molecule has 0 saturated heterocycles. The van der Waals surface area contributed by atoms with Gasteiger partial charge in [0.1, 0.15) is 0 Å². The van der Waals surface area contributed by atoms with Crippen LogP contribution >= 0.6 is 0 Å². The molecule has 54 heavy (non-hydrogen) atoms. The average molecular weight is 703 g/mol. The van der Waals surface area contributed by atoms with Crippen LogP contribution in [-0.2, 0) is 0 Å². The number of para-hydroxylation sites is 2. The standard InChI is InChI=1S/C52H50N2/c1-3-13-37(14-4-1)39-23-29-44(30-24-39)53(45-31-25-40(26-32-45)38-15-5-2-6-16-38)46-33-27-41(28-34-46)47-19-9-11-21-50(47)54-51-22-12-10-20-48(51)49-35-42-17-7-8-18-43(42)36-52(49)54/h1,3,7-13,15,17-25,27,29,31-33,35-36,40-41,44,46H,2,4-6,14,16,26,28,30,34H2. The first-order chi connectivity index (χ1) is 26.8. The van der Waals surface area contributed by atoms with Crippen LogP contribution in [0.2, 0.25) is 0 Å². The fourth-order valence-corrected chi connectivity index (χ4v) is 10.0. The summed E-state index contributed by atoms with van der Waals surface area (Å²) in [5.41, 5.74) is 11.2. The van der Waals surface area contributed by atoms with Gasteiger partial charge < -0.3 is 9.47 Å². The van der Waals surface area contributed by atoms with Gasteiger partial charge in [0, 0.05) is 40.0 Å². The van der Waals surface area contributed by atoms with Crippen molar-refractivity contribution >= 4 is 32.6 Å². The summed E-state index contributed by atoms with van der Waals surface area (Å²) < 4.78 is 2.53. The number of fused-ring (bicyclic) bond motifs is 4. The first-order valence-electron chi connectivity index (χ1n) is 20.6. The van der Waals surface area contributed by atoms with Crippen molar-refractivity contribution < 1.29 is 0 Å². The summed E-state index contributed by atoms with van der Waals surface area (Å²) in [6.07, 6.45) is 41.3. The molecule has 4 unspecified atom stereocenters. The van der Waals surface area contributed by atoms with Gasteiger partial charge in [-0.15, -0.1) is 0 Å². The first-order valence-corrected chi connectivity index (χ1v) is 20.6. The Labute approximate surface area is 320 Å². The van der Waals surface area contributed by atoms with Gasteiger partial charge in [-0.05, 0) is 122 Å². The lowest BCUT2D eigenvalue weighted by Crippen LogP contribution is -2.42. The van der Waals surface area contributed by atoms with Gasteiger partial charge in [0.15, 0.2) is 0 Å². The van der Waals surface area contributed by atoms with Crippen molar-refractivity contribution in [2.75, 3.05) is 0 Å². The van der Waals surface area contributed by atoms with E-state index in [1.54, 1.807) is 5.57 Å². The third kappa shape index (κ3) is 6.16. The van der Waals surface area contributed by atoms with Crippen molar-refractivity contribution in [2.24, 2.45) is 5.92 Å². The third-order valence-electron chi connectivity index (χ3n) is 12.8. The molecule has 4 aromatic carbocycles. The van der Waals surface area contributed by atoms with E-state index in [1.807, 2.05) is 0 Å². The lowest BCUT2D eigenvalue weighted by Gasteiger charge is -2.42. The molecule has 1 aromatic heterocycles. The zero-order valence-electron chi connectivity index (χ0n) is 31.3. The van der Waals surface area contributed by atoms with Crippen molar-refractivity contribution in [3.05, 3.63) is 186 Å². The summed E-state index contributed by atoms with van der Waals surface area (Å²) in [4.78, 5) is 2.76. The van der Waals surface area contributed by atoms with E-state index in [0.29, 0.717) is 23.9 Å². The predicted molar refractivity (Wildman–Crippen MR) is 229 cm³/mol. The maximum Gasteiger partial charge on any atom is 0.0547 e. The monoisotopic (exact) mass is 702 g/mol. The Morgan fingerprint density at radius 1 is 0.611 bits per heavy atom. The smallest absolute Gasteiger partial charge is 0.0547 e. The second-order valence-electron chi connectivity index (χ2n) is 16.0. The van der Waals surface area contributed by atoms with Gasteiger partial charge in [0.2, 0.25) is 0 Å². The van der Waals surface area contributed by atoms with E-state index in [2.05, 4.69) is 167 Å². The summed E-state index contributed by atoms with van der Waals surface area (Å²) in [6.45, 7) is 0. The van der Waals surface area contributed by atoms with Gasteiger partial charge in [-0.25, -0.2) is 0 Å². The molecule has 0 saturated carbocycles. The minimum Gasteiger partial charge on any atom is -0.359 e. The molecule has 268 valence electrons. The Kier molecular flexibility index (Phi) is 8.91. The van der Waals surface area contributed by atoms with Crippen LogP contribution in [0.25, 0.3) is 38.3 Å². The molecule has 0 fully saturated rings. The average Bonchev–Trinajstić information content (AvgIpc) is 3.57. The van der Waals surface area contributed by atoms with E-state index < -0.39 is 0 Å². The molecule has 0 spiro atoms. The molecule has 10 rings (SSSR count). The van der Waals surface area contributed by atoms with Crippen molar-refractivity contribution in [2.45, 2.75) is 82.2 Å². The van der Waals surface area contributed by atoms with Gasteiger partial charge in [-0.3, -0.25) is 0 Å². The summed E-state index contributed by atoms with van der Waals surface area (Å²) in [7, 11) is 0. The highest BCUT2D eigenvalue weighted by molar-refractivity contribution is 6.13. The molecule has 5 aliphatic rings. The highest BCUT2D eigenvalue weighted by atomic mass is 15.2. The number of hydrogen-bond donors (Lipinski definition) is 0. The van der Waals surface area contributed by atoms with Crippen LogP contribution in [0.3, 0.4) is 0 Å². The molecule has 5 aliphatic carbocycles. The molecule has 2 heteroatoms. The zero-order chi connectivity index (χ0) is 35.8. The van der Waals surface area contributed by atoms with Crippen LogP contribution in [0.4, 0.5) is 0 Å². The molecular formula is C52H50N2. The Balaban J connectivity index is 0.981. The van der Waals surface area contributed by atoms with Gasteiger partial charge in [0.25, 0.3) is 0 Å². The molecular weight excluding hydrogens is 653 g/mol. The Morgan fingerprint density at radius 2 is 1.48 bits per heavy atom. The summed E-state index contributed by atoms with van der Waals surface area (Å²) in [5.74, 6) is 0.923. The van der Waals surface area contributed by atoms with Crippen molar-refractivity contribution in [1.82, 2.24) is 9.47 Å². The van der Waals surface area contributed by atoms with Crippen molar-refractivity contribution in [1.29, 1.82) is 0 Å². The van der Waals surface area contributed by atoms with E-state index in [9.17, 15) is 0 Å². The van der Waals surface area contributed by atoms with Crippen LogP contribution in [0, 0.1) is 5.92 Å². The molecule has 1 heterocycles. The van der Waals surface area contributed by atoms with Crippen LogP contribution < -0.4 is 0 Å². The lowest BCUT2D eigenvalue weighted by molar-refractivity contribution is 0.231. The highest BCUT2D eigenvalue weighted by Gasteiger charge is 2.31. The first kappa shape index (κ1) is 33.2. The molecule has 5 aromatic rings. The maximum absolute atomic E-state index is 2.76. The van der Waals surface area contributed by atoms with E-state index in [0.717, 1.165) is 38.5 Å². The highest BCUT2D eigenvalue weighted by Crippen LogP contribution is 2.41. The Morgan fingerprint density at radius 3 is 2.26 bits per heavy atom. The summed E-state index contributed by atoms with van der Waals surface area (Å²) >= 11 is 0. The van der Waals surface area contributed by atoms with E-state index in [1.165, 1.54) is 86.4 Å². The number of allylic oxidation sites excluding steroid dienone is 12. The van der Waals surface area contributed by atoms with Crippen LogP contribution in [0.15, 0.2) is 180 Å². The van der Waals surface area contributed by atoms with Crippen molar-refractivity contribution in [3.8, 4) is 5.69 Å². The van der Waals surface area contributed by atoms with Crippen LogP contribution in [-0.4, -0.2) is 21.6 Å². The number of nitrogens with zero attached hydrogens (tertiary/aromatic N) is 2. The fourth-order valence-electron chi connectivity index (χ4n) is 10.0. The van der Waals surface area contributed by atoms with Crippen molar-refractivity contribution in [3.63, 3.8) is 0 Å². The second kappa shape index (κ2) is 14.5. The Hall–Kier alpha value is -5.34. The molecule has 0 amide bonds. The Bertz CT molecular complexity index is 2490. The number of aromatic nitrogens is 1. The number of benzene rings is 4. The van der Waals surface area contributed by atoms with Gasteiger partial charge in [-0.2, -0.15) is 0 Å². The molecule has 0 N–H and O–H groups in total. The normalized spacial score (nSPS) is 24.1. The quantitative estimate of drug-likeness (QED) is 0.153. The minimum atomic E-state index is 0.348. The molecule has 0 radical (unpaired) electrons. The minimum absolute atomic E-state index is 0.348. The SMILES string of the molecule is C1=CCCC(C2=CCC(N(C3=CCC(C4=CCCCC4)C=C3)C3C=CC(c4ccccc4-n4c5ccccc5c5cc6ccccc6cc54)CC3)C=C2)=C1. The fraction of sp³-hybridized carbons (Fsp3) is 0.269. The van der Waals surface area contributed by atoms with Crippen LogP contribution in [0.5, 0.6) is 0 Å². The van der Waals surface area contributed by atoms with E-state index in [-0.39, 0.29) is 0 Å². The van der Waals surface area contributed by atoms with Gasteiger partial charge >= 0.3 is 0 Å². The third-order valence-corrected chi connectivity index (χ3v) is 12.8. The van der Waals surface area contributed by atoms with Gasteiger partial charge in [-0.1, -0.05) is 133 Å². The summed E-state index contributed by atoms with van der Waals surface area (Å²) in [5, 5.41) is 5.21. The molecule has 0 aliphatic heterocycles. The maximum atomic E-state index is 2.76. The zero-order valence-corrected chi connectivity index (χ0v) is 31.3. The largest absolute Gasteiger partial charge is 0.359 e. The number of hydrogen-bond acceptors (Lipinski definition) is 1. The van der Waals surface area contributed by atoms with E-state index in [4.69, 9.17) is 0 Å². The number of rotatable bonds is 7. The summed E-state index contributed by atoms with van der Waals surface area (Å²) in [6, 6.07) is 32.4. The predicted octanol–water partition coefficient (Wildman–Crippen LogP) is 13.5. The van der Waals surface area contributed by atoms with E-state index >= 15 is 0 Å². The molecule has 2 nitrogen and oxygen atoms in total. The van der Waals surface area contributed by atoms with Gasteiger partial charge in [0.05, 0.1) is 17.1 Å². The van der Waals surface area contributed by atoms with Crippen LogP contribution in [0.1, 0.15) is 75.7 Å².